The number of carbonyl (C=O) groups is 2. The van der Waals surface area contributed by atoms with E-state index in [4.69, 9.17) is 16.2 Å². The molecule has 1 atom stereocenters. The maximum absolute atomic E-state index is 13.4. The first-order chi connectivity index (χ1) is 16.9. The second-order valence-corrected chi connectivity index (χ2v) is 8.12. The van der Waals surface area contributed by atoms with E-state index >= 15 is 0 Å². The molecule has 0 heterocycles. The lowest BCUT2D eigenvalue weighted by Crippen LogP contribution is -2.37. The highest BCUT2D eigenvalue weighted by atomic mass is 16.6. The minimum atomic E-state index is -2.03. The maximum atomic E-state index is 13.4. The minimum absolute atomic E-state index is 0.0224. The Balaban J connectivity index is 2.39. The molecule has 1 unspecified atom stereocenters. The van der Waals surface area contributed by atoms with Gasteiger partial charge in [-0.2, -0.15) is 0 Å². The Bertz CT molecular complexity index is 1100. The van der Waals surface area contributed by atoms with Crippen LogP contribution < -0.4 is 27.1 Å². The Morgan fingerprint density at radius 3 is 2.31 bits per heavy atom. The predicted molar refractivity (Wildman–Crippen MR) is 132 cm³/mol. The van der Waals surface area contributed by atoms with E-state index in [2.05, 4.69) is 0 Å². The molecule has 0 fully saturated rings. The topological polar surface area (TPSA) is 223 Å². The molecule has 2 aromatic rings. The first kappa shape index (κ1) is 28.7. The van der Waals surface area contributed by atoms with Crippen LogP contribution in [0.15, 0.2) is 36.4 Å². The van der Waals surface area contributed by atoms with E-state index in [-0.39, 0.29) is 35.3 Å². The first-order valence-corrected chi connectivity index (χ1v) is 11.0. The number of carbonyl (C=O) groups excluding carboxylic acids is 2. The summed E-state index contributed by atoms with van der Waals surface area (Å²) in [5, 5.41) is 49.2. The first-order valence-electron chi connectivity index (χ1n) is 11.0. The Kier molecular flexibility index (Phi) is 10.4. The van der Waals surface area contributed by atoms with Gasteiger partial charge in [-0.05, 0) is 42.3 Å². The van der Waals surface area contributed by atoms with Gasteiger partial charge in [-0.25, -0.2) is 0 Å². The molecule has 36 heavy (non-hydrogen) atoms. The van der Waals surface area contributed by atoms with Crippen LogP contribution in [-0.4, -0.2) is 75.7 Å². The number of unbranched alkanes of at least 4 members (excludes halogenated alkanes) is 1. The molecule has 0 radical (unpaired) electrons. The third-order valence-corrected chi connectivity index (χ3v) is 5.51. The van der Waals surface area contributed by atoms with Gasteiger partial charge in [-0.1, -0.05) is 12.1 Å². The zero-order chi connectivity index (χ0) is 27.0. The third-order valence-electron chi connectivity index (χ3n) is 5.51. The lowest BCUT2D eigenvalue weighted by atomic mass is 9.79. The quantitative estimate of drug-likeness (QED) is 0.0737. The average Bonchev–Trinajstić information content (AvgIpc) is 2.84. The van der Waals surface area contributed by atoms with Crippen molar-refractivity contribution in [1.82, 2.24) is 4.90 Å². The van der Waals surface area contributed by atoms with Crippen LogP contribution in [0.4, 0.5) is 5.69 Å². The summed E-state index contributed by atoms with van der Waals surface area (Å²) in [4.78, 5) is 36.5. The number of benzene rings is 2. The van der Waals surface area contributed by atoms with E-state index in [9.17, 15) is 39.8 Å². The molecule has 0 saturated heterocycles. The summed E-state index contributed by atoms with van der Waals surface area (Å²) >= 11 is 0. The van der Waals surface area contributed by atoms with Gasteiger partial charge in [0.1, 0.15) is 5.75 Å². The van der Waals surface area contributed by atoms with Crippen molar-refractivity contribution in [3.05, 3.63) is 57.6 Å². The summed E-state index contributed by atoms with van der Waals surface area (Å²) in [6, 6.07) is 6.71. The highest BCUT2D eigenvalue weighted by molar-refractivity contribution is 6.59. The number of nitro groups is 1. The van der Waals surface area contributed by atoms with Gasteiger partial charge in [0.25, 0.3) is 11.6 Å². The van der Waals surface area contributed by atoms with Crippen molar-refractivity contribution in [3.8, 4) is 5.75 Å². The lowest BCUT2D eigenvalue weighted by Gasteiger charge is -2.25. The smallest absolute Gasteiger partial charge is 0.488 e. The number of hydrogen-bond donors (Lipinski definition) is 6. The molecule has 0 saturated carbocycles. The third kappa shape index (κ3) is 7.76. The molecular weight excluding hydrogens is 474 g/mol. The van der Waals surface area contributed by atoms with Crippen LogP contribution in [-0.2, 0) is 11.3 Å². The number of nitrogens with zero attached hydrogens (tertiary/aromatic N) is 2. The highest BCUT2D eigenvalue weighted by Crippen LogP contribution is 2.22. The number of amides is 2. The summed E-state index contributed by atoms with van der Waals surface area (Å²) in [6.45, 7) is 0.128. The van der Waals surface area contributed by atoms with Gasteiger partial charge < -0.3 is 41.2 Å². The summed E-state index contributed by atoms with van der Waals surface area (Å²) in [5.41, 5.74) is 10.7. The number of rotatable bonds is 13. The largest absolute Gasteiger partial charge is 0.496 e. The van der Waals surface area contributed by atoms with Gasteiger partial charge in [-0.3, -0.25) is 19.7 Å². The Hall–Kier alpha value is -3.49. The predicted octanol–water partition coefficient (Wildman–Crippen LogP) is -2.41. The second-order valence-electron chi connectivity index (χ2n) is 8.12. The molecule has 15 heteroatoms. The normalized spacial score (nSPS) is 11.5. The molecule has 0 aliphatic rings. The molecule has 0 bridgehead atoms. The van der Waals surface area contributed by atoms with Crippen LogP contribution in [0.1, 0.15) is 35.2 Å². The van der Waals surface area contributed by atoms with Gasteiger partial charge in [-0.15, -0.1) is 0 Å². The van der Waals surface area contributed by atoms with Crippen LogP contribution in [0.3, 0.4) is 0 Å². The summed E-state index contributed by atoms with van der Waals surface area (Å²) < 4.78 is 5.32. The minimum Gasteiger partial charge on any atom is -0.496 e. The fraction of sp³-hybridized carbons (Fsp3) is 0.333. The van der Waals surface area contributed by atoms with E-state index < -0.39 is 42.7 Å². The fourth-order valence-corrected chi connectivity index (χ4v) is 3.51. The Morgan fingerprint density at radius 1 is 1.08 bits per heavy atom. The Labute approximate surface area is 207 Å². The van der Waals surface area contributed by atoms with E-state index in [1.54, 1.807) is 6.07 Å². The zero-order valence-corrected chi connectivity index (χ0v) is 19.6. The van der Waals surface area contributed by atoms with Crippen LogP contribution in [0.2, 0.25) is 0 Å². The van der Waals surface area contributed by atoms with Gasteiger partial charge in [0.2, 0.25) is 5.91 Å². The molecule has 2 rings (SSSR count). The number of primary amides is 1. The highest BCUT2D eigenvalue weighted by Gasteiger charge is 2.25. The van der Waals surface area contributed by atoms with Crippen molar-refractivity contribution in [1.29, 1.82) is 0 Å². The molecule has 0 aromatic heterocycles. The molecule has 8 N–H and O–H groups in total. The molecule has 2 aromatic carbocycles. The van der Waals surface area contributed by atoms with Crippen molar-refractivity contribution in [2.75, 3.05) is 13.7 Å². The summed E-state index contributed by atoms with van der Waals surface area (Å²) in [6.07, 6.45) is 1.16. The fourth-order valence-electron chi connectivity index (χ4n) is 3.51. The van der Waals surface area contributed by atoms with Crippen molar-refractivity contribution in [3.63, 3.8) is 0 Å². The van der Waals surface area contributed by atoms with Gasteiger partial charge >= 0.3 is 14.2 Å². The van der Waals surface area contributed by atoms with Gasteiger partial charge in [0.15, 0.2) is 0 Å². The van der Waals surface area contributed by atoms with Crippen molar-refractivity contribution in [2.45, 2.75) is 31.8 Å². The van der Waals surface area contributed by atoms with Crippen molar-refractivity contribution in [2.24, 2.45) is 11.5 Å². The molecular formula is C21H28B2N4O9. The SMILES string of the molecule is COc1cc(B(O)O)ccc1CN(CCCCC(N)C(N)=O)C(=O)c1cc(B(O)O)cc([N+](=O)[O-])c1. The molecule has 0 aliphatic carbocycles. The second kappa shape index (κ2) is 13.0. The Morgan fingerprint density at radius 2 is 1.75 bits per heavy atom. The van der Waals surface area contributed by atoms with Gasteiger partial charge in [0.05, 0.1) is 18.1 Å². The molecule has 0 spiro atoms. The average molecular weight is 502 g/mol. The van der Waals surface area contributed by atoms with E-state index in [1.165, 1.54) is 24.1 Å². The number of nitrogens with two attached hydrogens (primary N) is 2. The van der Waals surface area contributed by atoms with Crippen molar-refractivity contribution < 1.29 is 39.3 Å². The summed E-state index contributed by atoms with van der Waals surface area (Å²) in [5.74, 6) is -1.00. The molecule has 0 aliphatic heterocycles. The molecule has 2 amide bonds. The number of ether oxygens (including phenoxy) is 1. The van der Waals surface area contributed by atoms with Crippen LogP contribution in [0, 0.1) is 10.1 Å². The van der Waals surface area contributed by atoms with Crippen LogP contribution >= 0.6 is 0 Å². The number of nitro benzene ring substituents is 1. The van der Waals surface area contributed by atoms with E-state index in [0.717, 1.165) is 18.2 Å². The zero-order valence-electron chi connectivity index (χ0n) is 19.6. The molecule has 13 nitrogen and oxygen atoms in total. The van der Waals surface area contributed by atoms with Crippen LogP contribution in [0.5, 0.6) is 5.75 Å². The monoisotopic (exact) mass is 502 g/mol. The lowest BCUT2D eigenvalue weighted by molar-refractivity contribution is -0.384. The van der Waals surface area contributed by atoms with E-state index in [1.807, 2.05) is 0 Å². The number of non-ortho nitro benzene ring substituents is 1. The number of methoxy groups -OCH3 is 1. The molecule has 192 valence electrons. The summed E-state index contributed by atoms with van der Waals surface area (Å²) in [7, 11) is -2.38. The van der Waals surface area contributed by atoms with Crippen LogP contribution in [0.25, 0.3) is 0 Å². The van der Waals surface area contributed by atoms with Crippen molar-refractivity contribution >= 4 is 42.7 Å². The maximum Gasteiger partial charge on any atom is 0.488 e. The van der Waals surface area contributed by atoms with Gasteiger partial charge in [0, 0.05) is 36.3 Å². The number of hydrogen-bond acceptors (Lipinski definition) is 10. The van der Waals surface area contributed by atoms with E-state index in [0.29, 0.717) is 24.8 Å². The standard InChI is InChI=1S/C21H28B2N4O9/c1-36-19-11-15(22(30)31)6-5-13(19)12-26(7-3-2-4-18(24)20(25)28)21(29)14-8-16(23(32)33)10-17(9-14)27(34)35/h5-6,8-11,18,30-33H,2-4,7,12,24H2,1H3,(H2,25,28).